The molecule has 0 spiro atoms. The van der Waals surface area contributed by atoms with Crippen LogP contribution in [0, 0.1) is 13.8 Å². The van der Waals surface area contributed by atoms with E-state index in [-0.39, 0.29) is 5.69 Å². The van der Waals surface area contributed by atoms with E-state index in [1.807, 2.05) is 19.2 Å². The average molecular weight is 306 g/mol. The summed E-state index contributed by atoms with van der Waals surface area (Å²) in [5.41, 5.74) is 0.0856. The average Bonchev–Trinajstić information content (AvgIpc) is 2.97. The number of hydrogen-bond donors (Lipinski definition) is 2. The standard InChI is InChI=1S/C14H18N4O2S/c1-5-14(4,13-15-6-7-21-13)18-12(20)10-11(19)17-9(3)8(2)16-10/h6-7H,5H2,1-4H3,(H,17,19)(H,18,20). The summed E-state index contributed by atoms with van der Waals surface area (Å²) in [5, 5.41) is 5.54. The molecule has 0 aliphatic rings. The summed E-state index contributed by atoms with van der Waals surface area (Å²) in [6, 6.07) is 0. The number of aromatic nitrogens is 3. The molecule has 1 atom stereocenters. The van der Waals surface area contributed by atoms with E-state index in [0.29, 0.717) is 17.8 Å². The Labute approximate surface area is 126 Å². The molecule has 0 bridgehead atoms. The lowest BCUT2D eigenvalue weighted by Crippen LogP contribution is -2.45. The zero-order chi connectivity index (χ0) is 15.6. The fourth-order valence-corrected chi connectivity index (χ4v) is 2.70. The number of carbonyl (C=O) groups is 1. The number of nitrogens with zero attached hydrogens (tertiary/aromatic N) is 2. The van der Waals surface area contributed by atoms with Crippen molar-refractivity contribution in [2.24, 2.45) is 0 Å². The van der Waals surface area contributed by atoms with E-state index in [2.05, 4.69) is 20.3 Å². The van der Waals surface area contributed by atoms with E-state index < -0.39 is 17.0 Å². The monoisotopic (exact) mass is 306 g/mol. The van der Waals surface area contributed by atoms with E-state index in [9.17, 15) is 9.59 Å². The van der Waals surface area contributed by atoms with Crippen molar-refractivity contribution < 1.29 is 4.79 Å². The molecule has 0 saturated carbocycles. The summed E-state index contributed by atoms with van der Waals surface area (Å²) in [6.45, 7) is 7.34. The minimum atomic E-state index is -0.613. The van der Waals surface area contributed by atoms with Gasteiger partial charge >= 0.3 is 0 Å². The van der Waals surface area contributed by atoms with Gasteiger partial charge in [0.1, 0.15) is 5.01 Å². The number of carbonyl (C=O) groups excluding carboxylic acids is 1. The topological polar surface area (TPSA) is 87.7 Å². The zero-order valence-electron chi connectivity index (χ0n) is 12.5. The fourth-order valence-electron chi connectivity index (χ4n) is 1.87. The molecule has 2 heterocycles. The molecule has 2 rings (SSSR count). The number of H-pyrrole nitrogens is 1. The number of rotatable bonds is 4. The van der Waals surface area contributed by atoms with Crippen molar-refractivity contribution in [3.05, 3.63) is 44.0 Å². The van der Waals surface area contributed by atoms with E-state index >= 15 is 0 Å². The van der Waals surface area contributed by atoms with E-state index in [4.69, 9.17) is 0 Å². The maximum Gasteiger partial charge on any atom is 0.279 e. The molecular weight excluding hydrogens is 288 g/mol. The van der Waals surface area contributed by atoms with Gasteiger partial charge in [0.15, 0.2) is 5.69 Å². The Bertz CT molecular complexity index is 708. The first-order valence-corrected chi connectivity index (χ1v) is 7.55. The second-order valence-electron chi connectivity index (χ2n) is 5.10. The molecule has 2 N–H and O–H groups in total. The van der Waals surface area contributed by atoms with Crippen LogP contribution in [0.5, 0.6) is 0 Å². The molecule has 112 valence electrons. The summed E-state index contributed by atoms with van der Waals surface area (Å²) in [5.74, 6) is -0.487. The van der Waals surface area contributed by atoms with Gasteiger partial charge in [-0.2, -0.15) is 0 Å². The summed E-state index contributed by atoms with van der Waals surface area (Å²) in [7, 11) is 0. The predicted molar refractivity (Wildman–Crippen MR) is 81.6 cm³/mol. The van der Waals surface area contributed by atoms with Crippen molar-refractivity contribution in [3.63, 3.8) is 0 Å². The highest BCUT2D eigenvalue weighted by Gasteiger charge is 2.31. The van der Waals surface area contributed by atoms with Gasteiger partial charge in [0.2, 0.25) is 0 Å². The molecule has 2 aromatic rings. The van der Waals surface area contributed by atoms with Gasteiger partial charge in [-0.3, -0.25) is 9.59 Å². The Morgan fingerprint density at radius 1 is 1.48 bits per heavy atom. The van der Waals surface area contributed by atoms with E-state index in [0.717, 1.165) is 5.01 Å². The van der Waals surface area contributed by atoms with Gasteiger partial charge in [0.05, 0.1) is 11.2 Å². The first-order valence-electron chi connectivity index (χ1n) is 6.67. The third kappa shape index (κ3) is 3.02. The lowest BCUT2D eigenvalue weighted by atomic mass is 9.99. The van der Waals surface area contributed by atoms with Crippen LogP contribution in [0.15, 0.2) is 16.4 Å². The van der Waals surface area contributed by atoms with Crippen LogP contribution in [0.2, 0.25) is 0 Å². The highest BCUT2D eigenvalue weighted by atomic mass is 32.1. The maximum absolute atomic E-state index is 12.4. The molecule has 0 fully saturated rings. The maximum atomic E-state index is 12.4. The highest BCUT2D eigenvalue weighted by molar-refractivity contribution is 7.09. The fraction of sp³-hybridized carbons (Fsp3) is 0.429. The van der Waals surface area contributed by atoms with Gasteiger partial charge in [0, 0.05) is 17.3 Å². The van der Waals surface area contributed by atoms with Crippen LogP contribution in [0.3, 0.4) is 0 Å². The summed E-state index contributed by atoms with van der Waals surface area (Å²) in [4.78, 5) is 35.3. The zero-order valence-corrected chi connectivity index (χ0v) is 13.3. The molecule has 6 nitrogen and oxygen atoms in total. The predicted octanol–water partition coefficient (Wildman–Crippen LogP) is 1.90. The van der Waals surface area contributed by atoms with Crippen LogP contribution in [0.25, 0.3) is 0 Å². The SMILES string of the molecule is CCC(C)(NC(=O)c1nc(C)c(C)[nH]c1=O)c1nccs1. The van der Waals surface area contributed by atoms with Crippen LogP contribution in [0.1, 0.15) is 47.2 Å². The number of amides is 1. The van der Waals surface area contributed by atoms with Crippen LogP contribution in [0.4, 0.5) is 0 Å². The third-order valence-corrected chi connectivity index (χ3v) is 4.59. The van der Waals surface area contributed by atoms with Crippen molar-refractivity contribution >= 4 is 17.2 Å². The molecular formula is C14H18N4O2S. The van der Waals surface area contributed by atoms with Gasteiger partial charge in [-0.15, -0.1) is 11.3 Å². The second-order valence-corrected chi connectivity index (χ2v) is 6.00. The van der Waals surface area contributed by atoms with Crippen molar-refractivity contribution in [3.8, 4) is 0 Å². The molecule has 0 aliphatic carbocycles. The molecule has 0 saturated heterocycles. The summed E-state index contributed by atoms with van der Waals surface area (Å²) in [6.07, 6.45) is 2.36. The quantitative estimate of drug-likeness (QED) is 0.903. The Hall–Kier alpha value is -2.02. The van der Waals surface area contributed by atoms with Crippen molar-refractivity contribution in [2.75, 3.05) is 0 Å². The van der Waals surface area contributed by atoms with Crippen LogP contribution in [-0.2, 0) is 5.54 Å². The molecule has 0 radical (unpaired) electrons. The third-order valence-electron chi connectivity index (χ3n) is 3.55. The lowest BCUT2D eigenvalue weighted by molar-refractivity contribution is 0.0894. The molecule has 2 aromatic heterocycles. The van der Waals surface area contributed by atoms with Crippen LogP contribution < -0.4 is 10.9 Å². The largest absolute Gasteiger partial charge is 0.339 e. The van der Waals surface area contributed by atoms with Crippen molar-refractivity contribution in [1.29, 1.82) is 0 Å². The number of aryl methyl sites for hydroxylation is 2. The Morgan fingerprint density at radius 3 is 2.76 bits per heavy atom. The van der Waals surface area contributed by atoms with E-state index in [1.54, 1.807) is 20.0 Å². The van der Waals surface area contributed by atoms with Gasteiger partial charge in [-0.1, -0.05) is 6.92 Å². The highest BCUT2D eigenvalue weighted by Crippen LogP contribution is 2.26. The van der Waals surface area contributed by atoms with Gasteiger partial charge in [0.25, 0.3) is 11.5 Å². The normalized spacial score (nSPS) is 13.7. The number of hydrogen-bond acceptors (Lipinski definition) is 5. The summed E-state index contributed by atoms with van der Waals surface area (Å²) >= 11 is 1.47. The summed E-state index contributed by atoms with van der Waals surface area (Å²) < 4.78 is 0. The Balaban J connectivity index is 2.33. The van der Waals surface area contributed by atoms with Crippen LogP contribution >= 0.6 is 11.3 Å². The minimum absolute atomic E-state index is 0.116. The van der Waals surface area contributed by atoms with Gasteiger partial charge in [-0.25, -0.2) is 9.97 Å². The molecule has 0 aliphatic heterocycles. The Kier molecular flexibility index (Phi) is 4.22. The van der Waals surface area contributed by atoms with Gasteiger partial charge in [-0.05, 0) is 27.2 Å². The van der Waals surface area contributed by atoms with Crippen molar-refractivity contribution in [2.45, 2.75) is 39.7 Å². The van der Waals surface area contributed by atoms with E-state index in [1.165, 1.54) is 11.3 Å². The number of thiazole rings is 1. The Morgan fingerprint density at radius 2 is 2.19 bits per heavy atom. The van der Waals surface area contributed by atoms with Gasteiger partial charge < -0.3 is 10.3 Å². The molecule has 21 heavy (non-hydrogen) atoms. The lowest BCUT2D eigenvalue weighted by Gasteiger charge is -2.27. The second kappa shape index (κ2) is 5.77. The molecule has 7 heteroatoms. The smallest absolute Gasteiger partial charge is 0.279 e. The van der Waals surface area contributed by atoms with Crippen molar-refractivity contribution in [1.82, 2.24) is 20.3 Å². The first kappa shape index (κ1) is 15.4. The first-order chi connectivity index (χ1) is 9.87. The minimum Gasteiger partial charge on any atom is -0.339 e. The molecule has 1 unspecified atom stereocenters. The number of aromatic amines is 1. The molecule has 1 amide bonds. The number of nitrogens with one attached hydrogen (secondary N) is 2. The molecule has 0 aromatic carbocycles. The van der Waals surface area contributed by atoms with Crippen LogP contribution in [-0.4, -0.2) is 20.9 Å².